The number of alkyl halides is 3. The first-order valence-corrected chi connectivity index (χ1v) is 8.97. The van der Waals surface area contributed by atoms with Crippen LogP contribution in [-0.4, -0.2) is 45.0 Å². The molecule has 2 aliphatic rings. The third kappa shape index (κ3) is 3.30. The van der Waals surface area contributed by atoms with Crippen molar-refractivity contribution in [2.75, 3.05) is 24.5 Å². The number of aromatic amines is 1. The van der Waals surface area contributed by atoms with Crippen LogP contribution < -0.4 is 4.90 Å². The van der Waals surface area contributed by atoms with Gasteiger partial charge in [0.2, 0.25) is 0 Å². The number of pyridine rings is 1. The maximum atomic E-state index is 12.7. The highest BCUT2D eigenvalue weighted by molar-refractivity contribution is 5.40. The van der Waals surface area contributed by atoms with Gasteiger partial charge in [0.1, 0.15) is 5.82 Å². The van der Waals surface area contributed by atoms with Gasteiger partial charge in [0.25, 0.3) is 0 Å². The van der Waals surface area contributed by atoms with Crippen LogP contribution in [0.4, 0.5) is 19.0 Å². The standard InChI is InChI=1S/C18H22F3N5/c19-18(20,21)14-2-3-16(23-10-14)25-8-5-17(6-9-25)4-1-7-26(17)12-15-11-22-13-24-15/h2-3,10-11,13H,1,4-9,12H2,(H,22,24). The van der Waals surface area contributed by atoms with E-state index in [1.807, 2.05) is 6.20 Å². The fraction of sp³-hybridized carbons (Fsp3) is 0.556. The van der Waals surface area contributed by atoms with Crippen LogP contribution in [0.15, 0.2) is 30.9 Å². The number of anilines is 1. The lowest BCUT2D eigenvalue weighted by Crippen LogP contribution is -2.52. The third-order valence-corrected chi connectivity index (χ3v) is 5.75. The Morgan fingerprint density at radius 2 is 1.88 bits per heavy atom. The molecule has 26 heavy (non-hydrogen) atoms. The Morgan fingerprint density at radius 1 is 1.08 bits per heavy atom. The quantitative estimate of drug-likeness (QED) is 0.905. The first-order valence-electron chi connectivity index (χ1n) is 8.97. The predicted molar refractivity (Wildman–Crippen MR) is 91.6 cm³/mol. The minimum absolute atomic E-state index is 0.188. The van der Waals surface area contributed by atoms with Crippen LogP contribution in [0, 0.1) is 0 Å². The Morgan fingerprint density at radius 3 is 2.50 bits per heavy atom. The molecule has 140 valence electrons. The maximum Gasteiger partial charge on any atom is 0.417 e. The normalized spacial score (nSPS) is 20.8. The molecule has 0 radical (unpaired) electrons. The number of hydrogen-bond donors (Lipinski definition) is 1. The first-order chi connectivity index (χ1) is 12.5. The van der Waals surface area contributed by atoms with Gasteiger partial charge in [0.05, 0.1) is 11.9 Å². The van der Waals surface area contributed by atoms with E-state index in [0.29, 0.717) is 5.82 Å². The van der Waals surface area contributed by atoms with E-state index in [4.69, 9.17) is 0 Å². The average molecular weight is 365 g/mol. The lowest BCUT2D eigenvalue weighted by atomic mass is 9.85. The molecule has 1 N–H and O–H groups in total. The summed E-state index contributed by atoms with van der Waals surface area (Å²) in [6.45, 7) is 3.59. The lowest BCUT2D eigenvalue weighted by Gasteiger charge is -2.45. The Labute approximate surface area is 150 Å². The fourth-order valence-electron chi connectivity index (χ4n) is 4.28. The molecule has 2 aromatic heterocycles. The molecule has 2 fully saturated rings. The van der Waals surface area contributed by atoms with Gasteiger partial charge in [-0.2, -0.15) is 13.2 Å². The Hall–Kier alpha value is -2.09. The van der Waals surface area contributed by atoms with Crippen molar-refractivity contribution in [3.05, 3.63) is 42.1 Å². The summed E-state index contributed by atoms with van der Waals surface area (Å²) in [6.07, 6.45) is 4.54. The SMILES string of the molecule is FC(F)(F)c1ccc(N2CCC3(CCCN3Cc3cnc[nH]3)CC2)nc1. The summed E-state index contributed by atoms with van der Waals surface area (Å²) < 4.78 is 38.1. The highest BCUT2D eigenvalue weighted by atomic mass is 19.4. The molecule has 2 aliphatic heterocycles. The van der Waals surface area contributed by atoms with Crippen molar-refractivity contribution in [1.29, 1.82) is 0 Å². The highest BCUT2D eigenvalue weighted by Gasteiger charge is 2.43. The van der Waals surface area contributed by atoms with Crippen molar-refractivity contribution in [3.8, 4) is 0 Å². The van der Waals surface area contributed by atoms with Crippen molar-refractivity contribution in [3.63, 3.8) is 0 Å². The van der Waals surface area contributed by atoms with Crippen LogP contribution in [0.5, 0.6) is 0 Å². The van der Waals surface area contributed by atoms with Crippen LogP contribution in [0.3, 0.4) is 0 Å². The average Bonchev–Trinajstić information content (AvgIpc) is 3.27. The molecule has 2 saturated heterocycles. The van der Waals surface area contributed by atoms with Crippen molar-refractivity contribution in [1.82, 2.24) is 19.9 Å². The van der Waals surface area contributed by atoms with Crippen LogP contribution in [0.2, 0.25) is 0 Å². The van der Waals surface area contributed by atoms with Gasteiger partial charge in [-0.1, -0.05) is 0 Å². The van der Waals surface area contributed by atoms with Crippen LogP contribution in [0.25, 0.3) is 0 Å². The van der Waals surface area contributed by atoms with Crippen molar-refractivity contribution >= 4 is 5.82 Å². The topological polar surface area (TPSA) is 48.0 Å². The van der Waals surface area contributed by atoms with Gasteiger partial charge in [0, 0.05) is 43.3 Å². The van der Waals surface area contributed by atoms with Crippen molar-refractivity contribution in [2.24, 2.45) is 0 Å². The summed E-state index contributed by atoms with van der Waals surface area (Å²) in [5.41, 5.74) is 0.613. The number of nitrogens with zero attached hydrogens (tertiary/aromatic N) is 4. The van der Waals surface area contributed by atoms with Gasteiger partial charge >= 0.3 is 6.18 Å². The van der Waals surface area contributed by atoms with E-state index in [2.05, 4.69) is 24.8 Å². The smallest absolute Gasteiger partial charge is 0.356 e. The summed E-state index contributed by atoms with van der Waals surface area (Å²) in [5, 5.41) is 0. The molecule has 0 aromatic carbocycles. The number of likely N-dealkylation sites (tertiary alicyclic amines) is 1. The van der Waals surface area contributed by atoms with E-state index >= 15 is 0 Å². The second kappa shape index (κ2) is 6.57. The summed E-state index contributed by atoms with van der Waals surface area (Å²) in [6, 6.07) is 2.60. The van der Waals surface area contributed by atoms with E-state index in [1.165, 1.54) is 18.9 Å². The molecule has 0 unspecified atom stereocenters. The number of halogens is 3. The largest absolute Gasteiger partial charge is 0.417 e. The molecule has 0 aliphatic carbocycles. The molecular formula is C18H22F3N5. The molecule has 0 saturated carbocycles. The number of aromatic nitrogens is 3. The number of hydrogen-bond acceptors (Lipinski definition) is 4. The van der Waals surface area contributed by atoms with E-state index in [9.17, 15) is 13.2 Å². The summed E-state index contributed by atoms with van der Waals surface area (Å²) in [5.74, 6) is 0.631. The lowest BCUT2D eigenvalue weighted by molar-refractivity contribution is -0.137. The van der Waals surface area contributed by atoms with Gasteiger partial charge in [-0.3, -0.25) is 4.90 Å². The number of H-pyrrole nitrogens is 1. The number of imidazole rings is 1. The summed E-state index contributed by atoms with van der Waals surface area (Å²) in [4.78, 5) is 15.9. The monoisotopic (exact) mass is 365 g/mol. The van der Waals surface area contributed by atoms with Gasteiger partial charge in [0.15, 0.2) is 0 Å². The van der Waals surface area contributed by atoms with Crippen molar-refractivity contribution in [2.45, 2.75) is 43.9 Å². The zero-order valence-electron chi connectivity index (χ0n) is 14.5. The summed E-state index contributed by atoms with van der Waals surface area (Å²) >= 11 is 0. The van der Waals surface area contributed by atoms with Gasteiger partial charge in [-0.15, -0.1) is 0 Å². The zero-order chi connectivity index (χ0) is 18.2. The van der Waals surface area contributed by atoms with E-state index in [0.717, 1.165) is 57.0 Å². The second-order valence-electron chi connectivity index (χ2n) is 7.22. The Kier molecular flexibility index (Phi) is 4.38. The van der Waals surface area contributed by atoms with Crippen molar-refractivity contribution < 1.29 is 13.2 Å². The molecule has 1 spiro atoms. The van der Waals surface area contributed by atoms with Crippen LogP contribution in [0.1, 0.15) is 36.9 Å². The van der Waals surface area contributed by atoms with E-state index in [-0.39, 0.29) is 5.54 Å². The second-order valence-corrected chi connectivity index (χ2v) is 7.22. The molecule has 4 rings (SSSR count). The van der Waals surface area contributed by atoms with Gasteiger partial charge in [-0.05, 0) is 44.4 Å². The third-order valence-electron chi connectivity index (χ3n) is 5.75. The number of rotatable bonds is 3. The molecular weight excluding hydrogens is 343 g/mol. The van der Waals surface area contributed by atoms with Gasteiger partial charge < -0.3 is 9.88 Å². The van der Waals surface area contributed by atoms with E-state index in [1.54, 1.807) is 6.33 Å². The molecule has 2 aromatic rings. The highest BCUT2D eigenvalue weighted by Crippen LogP contribution is 2.40. The first kappa shape index (κ1) is 17.3. The number of nitrogens with one attached hydrogen (secondary N) is 1. The number of piperidine rings is 1. The zero-order valence-corrected chi connectivity index (χ0v) is 14.5. The predicted octanol–water partition coefficient (Wildman–Crippen LogP) is 3.46. The van der Waals surface area contributed by atoms with E-state index < -0.39 is 11.7 Å². The molecule has 0 bridgehead atoms. The van der Waals surface area contributed by atoms with Crippen LogP contribution in [-0.2, 0) is 12.7 Å². The molecule has 0 amide bonds. The minimum Gasteiger partial charge on any atom is -0.356 e. The van der Waals surface area contributed by atoms with Gasteiger partial charge in [-0.25, -0.2) is 9.97 Å². The Balaban J connectivity index is 1.41. The molecule has 5 nitrogen and oxygen atoms in total. The molecule has 0 atom stereocenters. The minimum atomic E-state index is -4.34. The Bertz CT molecular complexity index is 718. The summed E-state index contributed by atoms with van der Waals surface area (Å²) in [7, 11) is 0. The van der Waals surface area contributed by atoms with Crippen LogP contribution >= 0.6 is 0 Å². The molecule has 8 heteroatoms. The fourth-order valence-corrected chi connectivity index (χ4v) is 4.28. The maximum absolute atomic E-state index is 12.7. The molecule has 4 heterocycles.